The van der Waals surface area contributed by atoms with Crippen molar-refractivity contribution in [2.45, 2.75) is 46.1 Å². The van der Waals surface area contributed by atoms with Crippen LogP contribution in [0.15, 0.2) is 4.99 Å². The number of nitrogens with one attached hydrogen (secondary N) is 2. The molecular formula is C17H37IN4O2. The van der Waals surface area contributed by atoms with E-state index in [9.17, 15) is 5.11 Å². The minimum Gasteiger partial charge on any atom is -0.389 e. The topological polar surface area (TPSA) is 69.1 Å². The van der Waals surface area contributed by atoms with Crippen LogP contribution in [-0.4, -0.2) is 74.6 Å². The van der Waals surface area contributed by atoms with Gasteiger partial charge < -0.3 is 25.4 Å². The summed E-state index contributed by atoms with van der Waals surface area (Å²) in [4.78, 5) is 6.93. The number of guanidine groups is 1. The molecule has 6 nitrogen and oxygen atoms in total. The third-order valence-electron chi connectivity index (χ3n) is 3.73. The van der Waals surface area contributed by atoms with Gasteiger partial charge in [0.25, 0.3) is 0 Å². The first-order valence-corrected chi connectivity index (χ1v) is 9.12. The highest BCUT2D eigenvalue weighted by Crippen LogP contribution is 2.07. The molecule has 0 aromatic rings. The van der Waals surface area contributed by atoms with Gasteiger partial charge in [-0.2, -0.15) is 0 Å². The molecule has 24 heavy (non-hydrogen) atoms. The van der Waals surface area contributed by atoms with E-state index in [0.29, 0.717) is 25.7 Å². The summed E-state index contributed by atoms with van der Waals surface area (Å²) in [5.74, 6) is 1.26. The van der Waals surface area contributed by atoms with E-state index in [1.165, 1.54) is 32.4 Å². The number of aliphatic hydroxyl groups is 1. The van der Waals surface area contributed by atoms with Crippen molar-refractivity contribution in [1.82, 2.24) is 15.5 Å². The summed E-state index contributed by atoms with van der Waals surface area (Å²) in [5, 5.41) is 16.5. The van der Waals surface area contributed by atoms with E-state index in [4.69, 9.17) is 4.74 Å². The quantitative estimate of drug-likeness (QED) is 0.265. The Kier molecular flexibility index (Phi) is 15.1. The average Bonchev–Trinajstić information content (AvgIpc) is 2.53. The van der Waals surface area contributed by atoms with Crippen LogP contribution in [0, 0.1) is 5.92 Å². The third kappa shape index (κ3) is 12.3. The maximum atomic E-state index is 9.91. The second kappa shape index (κ2) is 15.2. The Morgan fingerprint density at radius 2 is 1.88 bits per heavy atom. The molecule has 0 spiro atoms. The van der Waals surface area contributed by atoms with Crippen molar-refractivity contribution in [2.24, 2.45) is 10.9 Å². The number of hydrogen-bond acceptors (Lipinski definition) is 4. The first-order chi connectivity index (χ1) is 11.1. The van der Waals surface area contributed by atoms with Crippen LogP contribution in [0.5, 0.6) is 0 Å². The molecule has 7 heteroatoms. The number of ether oxygens (including phenoxy) is 1. The minimum atomic E-state index is -0.550. The number of rotatable bonds is 10. The maximum absolute atomic E-state index is 9.91. The van der Waals surface area contributed by atoms with Gasteiger partial charge in [0.05, 0.1) is 19.3 Å². The molecule has 1 rings (SSSR count). The minimum absolute atomic E-state index is 0. The molecule has 0 aromatic carbocycles. The van der Waals surface area contributed by atoms with E-state index in [2.05, 4.69) is 34.4 Å². The van der Waals surface area contributed by atoms with Gasteiger partial charge in [-0.05, 0) is 38.8 Å². The first-order valence-electron chi connectivity index (χ1n) is 9.12. The zero-order valence-electron chi connectivity index (χ0n) is 15.6. The molecule has 1 aliphatic heterocycles. The standard InChI is InChI=1S/C17H36N4O2.HI/c1-4-18-17(19-8-11-21-9-6-5-7-10-21)20-12-16(22)14-23-13-15(2)3;/h15-16,22H,4-14H2,1-3H3,(H2,18,19,20);1H. The molecule has 1 heterocycles. The highest BCUT2D eigenvalue weighted by Gasteiger charge is 2.10. The number of likely N-dealkylation sites (tertiary alicyclic amines) is 1. The molecule has 1 atom stereocenters. The predicted octanol–water partition coefficient (Wildman–Crippen LogP) is 1.68. The molecule has 1 fully saturated rings. The van der Waals surface area contributed by atoms with Gasteiger partial charge >= 0.3 is 0 Å². The van der Waals surface area contributed by atoms with Crippen molar-refractivity contribution in [3.05, 3.63) is 0 Å². The van der Waals surface area contributed by atoms with Gasteiger partial charge in [-0.25, -0.2) is 0 Å². The second-order valence-corrected chi connectivity index (χ2v) is 6.63. The lowest BCUT2D eigenvalue weighted by Gasteiger charge is -2.26. The predicted molar refractivity (Wildman–Crippen MR) is 111 cm³/mol. The van der Waals surface area contributed by atoms with E-state index in [-0.39, 0.29) is 24.0 Å². The molecule has 1 aliphatic rings. The van der Waals surface area contributed by atoms with Crippen LogP contribution in [0.4, 0.5) is 0 Å². The lowest BCUT2D eigenvalue weighted by atomic mass is 10.1. The SMILES string of the molecule is CCNC(=NCC(O)COCC(C)C)NCCN1CCCCC1.I. The molecule has 0 aromatic heterocycles. The molecular weight excluding hydrogens is 419 g/mol. The number of aliphatic imine (C=N–C) groups is 1. The van der Waals surface area contributed by atoms with E-state index in [1.807, 2.05) is 6.92 Å². The Morgan fingerprint density at radius 3 is 2.50 bits per heavy atom. The first kappa shape index (κ1) is 23.9. The van der Waals surface area contributed by atoms with Crippen molar-refractivity contribution in [3.8, 4) is 0 Å². The molecule has 1 unspecified atom stereocenters. The molecule has 0 saturated carbocycles. The van der Waals surface area contributed by atoms with Gasteiger partial charge in [0, 0.05) is 26.2 Å². The largest absolute Gasteiger partial charge is 0.389 e. The van der Waals surface area contributed by atoms with Crippen molar-refractivity contribution >= 4 is 29.9 Å². The van der Waals surface area contributed by atoms with Crippen molar-refractivity contribution < 1.29 is 9.84 Å². The van der Waals surface area contributed by atoms with Crippen LogP contribution in [0.3, 0.4) is 0 Å². The maximum Gasteiger partial charge on any atom is 0.191 e. The van der Waals surface area contributed by atoms with E-state index < -0.39 is 6.10 Å². The molecule has 0 amide bonds. The van der Waals surface area contributed by atoms with Crippen molar-refractivity contribution in [2.75, 3.05) is 52.5 Å². The Labute approximate surface area is 164 Å². The molecule has 144 valence electrons. The average molecular weight is 456 g/mol. The van der Waals surface area contributed by atoms with Crippen LogP contribution >= 0.6 is 24.0 Å². The summed E-state index contributed by atoms with van der Waals surface area (Å²) in [6.45, 7) is 12.8. The fourth-order valence-electron chi connectivity index (χ4n) is 2.55. The zero-order valence-corrected chi connectivity index (χ0v) is 17.9. The smallest absolute Gasteiger partial charge is 0.191 e. The van der Waals surface area contributed by atoms with Gasteiger partial charge in [-0.3, -0.25) is 4.99 Å². The summed E-state index contributed by atoms with van der Waals surface area (Å²) < 4.78 is 5.44. The molecule has 0 bridgehead atoms. The molecule has 3 N–H and O–H groups in total. The van der Waals surface area contributed by atoms with Crippen LogP contribution < -0.4 is 10.6 Å². The Bertz CT molecular complexity index is 324. The lowest BCUT2D eigenvalue weighted by molar-refractivity contribution is 0.0301. The fourth-order valence-corrected chi connectivity index (χ4v) is 2.55. The molecule has 1 saturated heterocycles. The van der Waals surface area contributed by atoms with Gasteiger partial charge in [-0.1, -0.05) is 20.3 Å². The number of halogens is 1. The fraction of sp³-hybridized carbons (Fsp3) is 0.941. The molecule has 0 aliphatic carbocycles. The summed E-state index contributed by atoms with van der Waals surface area (Å²) in [6, 6.07) is 0. The Morgan fingerprint density at radius 1 is 1.17 bits per heavy atom. The van der Waals surface area contributed by atoms with Gasteiger partial charge in [0.15, 0.2) is 5.96 Å². The van der Waals surface area contributed by atoms with E-state index in [0.717, 1.165) is 25.6 Å². The number of hydrogen-bond donors (Lipinski definition) is 3. The van der Waals surface area contributed by atoms with Crippen LogP contribution in [0.2, 0.25) is 0 Å². The Hall–Kier alpha value is -0.120. The van der Waals surface area contributed by atoms with E-state index in [1.54, 1.807) is 0 Å². The van der Waals surface area contributed by atoms with Crippen LogP contribution in [0.25, 0.3) is 0 Å². The Balaban J connectivity index is 0.00000529. The summed E-state index contributed by atoms with van der Waals surface area (Å²) in [6.07, 6.45) is 3.45. The van der Waals surface area contributed by atoms with Gasteiger partial charge in [0.2, 0.25) is 0 Å². The number of aliphatic hydroxyl groups excluding tert-OH is 1. The molecule has 0 radical (unpaired) electrons. The lowest BCUT2D eigenvalue weighted by Crippen LogP contribution is -2.43. The number of nitrogens with zero attached hydrogens (tertiary/aromatic N) is 2. The second-order valence-electron chi connectivity index (χ2n) is 6.63. The monoisotopic (exact) mass is 456 g/mol. The summed E-state index contributed by atoms with van der Waals surface area (Å²) >= 11 is 0. The van der Waals surface area contributed by atoms with Crippen LogP contribution in [0.1, 0.15) is 40.0 Å². The normalized spacial score (nSPS) is 17.5. The highest BCUT2D eigenvalue weighted by molar-refractivity contribution is 14.0. The third-order valence-corrected chi connectivity index (χ3v) is 3.73. The van der Waals surface area contributed by atoms with Crippen molar-refractivity contribution in [1.29, 1.82) is 0 Å². The van der Waals surface area contributed by atoms with Crippen LogP contribution in [-0.2, 0) is 4.74 Å². The summed E-state index contributed by atoms with van der Waals surface area (Å²) in [7, 11) is 0. The van der Waals surface area contributed by atoms with E-state index >= 15 is 0 Å². The van der Waals surface area contributed by atoms with Crippen molar-refractivity contribution in [3.63, 3.8) is 0 Å². The van der Waals surface area contributed by atoms with Gasteiger partial charge in [0.1, 0.15) is 0 Å². The van der Waals surface area contributed by atoms with Gasteiger partial charge in [-0.15, -0.1) is 24.0 Å². The number of piperidine rings is 1. The highest BCUT2D eigenvalue weighted by atomic mass is 127. The summed E-state index contributed by atoms with van der Waals surface area (Å²) in [5.41, 5.74) is 0. The zero-order chi connectivity index (χ0) is 16.9.